The predicted octanol–water partition coefficient (Wildman–Crippen LogP) is 6.10. The van der Waals surface area contributed by atoms with Gasteiger partial charge in [-0.05, 0) is 54.8 Å². The van der Waals surface area contributed by atoms with Crippen molar-refractivity contribution in [1.29, 1.82) is 0 Å². The van der Waals surface area contributed by atoms with Crippen LogP contribution in [0.2, 0.25) is 0 Å². The second-order valence-electron chi connectivity index (χ2n) is 5.25. The van der Waals surface area contributed by atoms with Crippen molar-refractivity contribution in [3.63, 3.8) is 0 Å². The average Bonchev–Trinajstić information content (AvgIpc) is 3.04. The van der Waals surface area contributed by atoms with E-state index in [0.29, 0.717) is 5.75 Å². The van der Waals surface area contributed by atoms with E-state index < -0.39 is 0 Å². The first kappa shape index (κ1) is 17.2. The zero-order chi connectivity index (χ0) is 16.5. The zero-order valence-corrected chi connectivity index (χ0v) is 14.3. The maximum Gasteiger partial charge on any atom is 0.335 e. The normalized spacial score (nSPS) is 10.8. The van der Waals surface area contributed by atoms with Crippen molar-refractivity contribution in [2.24, 2.45) is 0 Å². The molecular formula is C20H22O2S. The summed E-state index contributed by atoms with van der Waals surface area (Å²) < 4.78 is 5.30. The van der Waals surface area contributed by atoms with Gasteiger partial charge in [0.2, 0.25) is 0 Å². The van der Waals surface area contributed by atoms with Gasteiger partial charge in [0.05, 0.1) is 0 Å². The topological polar surface area (TPSA) is 26.3 Å². The van der Waals surface area contributed by atoms with Gasteiger partial charge < -0.3 is 4.74 Å². The van der Waals surface area contributed by atoms with E-state index in [2.05, 4.69) is 19.6 Å². The molecule has 0 aliphatic rings. The van der Waals surface area contributed by atoms with Crippen molar-refractivity contribution in [3.8, 4) is 16.2 Å². The highest BCUT2D eigenvalue weighted by molar-refractivity contribution is 7.16. The van der Waals surface area contributed by atoms with Crippen LogP contribution in [-0.2, 0) is 4.79 Å². The highest BCUT2D eigenvalue weighted by atomic mass is 32.1. The van der Waals surface area contributed by atoms with Crippen LogP contribution < -0.4 is 4.74 Å². The Morgan fingerprint density at radius 1 is 1.17 bits per heavy atom. The van der Waals surface area contributed by atoms with Crippen LogP contribution in [0.1, 0.15) is 37.5 Å². The molecule has 0 saturated carbocycles. The fourth-order valence-electron chi connectivity index (χ4n) is 2.15. The highest BCUT2D eigenvalue weighted by Crippen LogP contribution is 2.29. The van der Waals surface area contributed by atoms with Gasteiger partial charge in [-0.2, -0.15) is 0 Å². The quantitative estimate of drug-likeness (QED) is 0.253. The van der Waals surface area contributed by atoms with Crippen molar-refractivity contribution < 1.29 is 9.53 Å². The third-order valence-electron chi connectivity index (χ3n) is 3.41. The Balaban J connectivity index is 1.89. The lowest BCUT2D eigenvalue weighted by Gasteiger charge is -2.03. The van der Waals surface area contributed by atoms with Crippen LogP contribution in [0.3, 0.4) is 0 Å². The Hall–Kier alpha value is -2.13. The summed E-state index contributed by atoms with van der Waals surface area (Å²) in [5.41, 5.74) is 1.11. The Bertz CT molecular complexity index is 665. The maximum atomic E-state index is 11.7. The standard InChI is InChI=1S/C20H22O2S/c1-3-5-6-7-8-9-20(21)22-17-12-10-16(11-13-17)19-15-14-18(4-2)23-19/h4,8-15H,2-3,5-7H2,1H3/b9-8+. The molecule has 23 heavy (non-hydrogen) atoms. The van der Waals surface area contributed by atoms with Crippen LogP contribution >= 0.6 is 11.3 Å². The van der Waals surface area contributed by atoms with E-state index in [4.69, 9.17) is 4.74 Å². The summed E-state index contributed by atoms with van der Waals surface area (Å²) in [6.07, 6.45) is 9.65. The van der Waals surface area contributed by atoms with E-state index in [1.54, 1.807) is 11.3 Å². The van der Waals surface area contributed by atoms with Crippen molar-refractivity contribution in [2.45, 2.75) is 32.6 Å². The van der Waals surface area contributed by atoms with Crippen LogP contribution in [0.4, 0.5) is 0 Å². The summed E-state index contributed by atoms with van der Waals surface area (Å²) in [6, 6.07) is 11.7. The largest absolute Gasteiger partial charge is 0.423 e. The number of hydrogen-bond acceptors (Lipinski definition) is 3. The minimum Gasteiger partial charge on any atom is -0.423 e. The highest BCUT2D eigenvalue weighted by Gasteiger charge is 2.04. The number of esters is 1. The molecule has 2 aromatic rings. The molecule has 0 N–H and O–H groups in total. The number of hydrogen-bond donors (Lipinski definition) is 0. The number of thiophene rings is 1. The molecule has 0 unspecified atom stereocenters. The number of carbonyl (C=O) groups excluding carboxylic acids is 1. The number of ether oxygens (including phenoxy) is 1. The van der Waals surface area contributed by atoms with Gasteiger partial charge in [-0.15, -0.1) is 11.3 Å². The van der Waals surface area contributed by atoms with Crippen LogP contribution in [0, 0.1) is 0 Å². The van der Waals surface area contributed by atoms with Crippen LogP contribution in [0.25, 0.3) is 16.5 Å². The molecule has 0 aliphatic carbocycles. The third kappa shape index (κ3) is 5.53. The Labute approximate surface area is 142 Å². The van der Waals surface area contributed by atoms with Gasteiger partial charge in [0, 0.05) is 15.8 Å². The Kier molecular flexibility index (Phi) is 6.82. The van der Waals surface area contributed by atoms with Gasteiger partial charge in [-0.3, -0.25) is 0 Å². The van der Waals surface area contributed by atoms with Gasteiger partial charge in [0.25, 0.3) is 0 Å². The average molecular weight is 326 g/mol. The molecule has 120 valence electrons. The van der Waals surface area contributed by atoms with Crippen molar-refractivity contribution >= 4 is 23.4 Å². The Morgan fingerprint density at radius 2 is 1.96 bits per heavy atom. The van der Waals surface area contributed by atoms with Crippen LogP contribution in [0.5, 0.6) is 5.75 Å². The third-order valence-corrected chi connectivity index (χ3v) is 4.54. The minimum atomic E-state index is -0.320. The molecule has 0 fully saturated rings. The second kappa shape index (κ2) is 9.11. The number of rotatable bonds is 8. The molecule has 0 spiro atoms. The predicted molar refractivity (Wildman–Crippen MR) is 98.8 cm³/mol. The summed E-state index contributed by atoms with van der Waals surface area (Å²) in [5.74, 6) is 0.247. The summed E-state index contributed by atoms with van der Waals surface area (Å²) >= 11 is 1.69. The van der Waals surface area contributed by atoms with Crippen molar-refractivity contribution in [2.75, 3.05) is 0 Å². The lowest BCUT2D eigenvalue weighted by atomic mass is 10.2. The SMILES string of the molecule is C=Cc1ccc(-c2ccc(OC(=O)/C=C/CCCCC)cc2)s1. The van der Waals surface area contributed by atoms with Gasteiger partial charge in [-0.25, -0.2) is 4.79 Å². The number of allylic oxidation sites excluding steroid dienone is 1. The van der Waals surface area contributed by atoms with E-state index >= 15 is 0 Å². The number of benzene rings is 1. The molecule has 0 aliphatic heterocycles. The fourth-order valence-corrected chi connectivity index (χ4v) is 3.01. The molecule has 0 bridgehead atoms. The first-order chi connectivity index (χ1) is 11.2. The van der Waals surface area contributed by atoms with Gasteiger partial charge >= 0.3 is 5.97 Å². The molecule has 2 nitrogen and oxygen atoms in total. The van der Waals surface area contributed by atoms with Crippen LogP contribution in [-0.4, -0.2) is 5.97 Å². The smallest absolute Gasteiger partial charge is 0.335 e. The molecular weight excluding hydrogens is 304 g/mol. The zero-order valence-electron chi connectivity index (χ0n) is 13.5. The van der Waals surface area contributed by atoms with Gasteiger partial charge in [0.1, 0.15) is 5.75 Å². The molecule has 0 amide bonds. The Morgan fingerprint density at radius 3 is 2.61 bits per heavy atom. The first-order valence-electron chi connectivity index (χ1n) is 7.94. The van der Waals surface area contributed by atoms with E-state index in [0.717, 1.165) is 23.3 Å². The van der Waals surface area contributed by atoms with E-state index in [-0.39, 0.29) is 5.97 Å². The van der Waals surface area contributed by atoms with Crippen molar-refractivity contribution in [3.05, 3.63) is 60.0 Å². The van der Waals surface area contributed by atoms with E-state index in [9.17, 15) is 4.79 Å². The molecule has 1 heterocycles. The fraction of sp³-hybridized carbons (Fsp3) is 0.250. The summed E-state index contributed by atoms with van der Waals surface area (Å²) in [5, 5.41) is 0. The summed E-state index contributed by atoms with van der Waals surface area (Å²) in [4.78, 5) is 14.0. The molecule has 2 rings (SSSR count). The second-order valence-corrected chi connectivity index (χ2v) is 6.37. The minimum absolute atomic E-state index is 0.320. The number of unbranched alkanes of at least 4 members (excludes halogenated alkanes) is 3. The van der Waals surface area contributed by atoms with Gasteiger partial charge in [0.15, 0.2) is 0 Å². The van der Waals surface area contributed by atoms with Gasteiger partial charge in [-0.1, -0.05) is 38.5 Å². The first-order valence-corrected chi connectivity index (χ1v) is 8.75. The molecule has 0 saturated heterocycles. The van der Waals surface area contributed by atoms with E-state index in [1.165, 1.54) is 23.8 Å². The lowest BCUT2D eigenvalue weighted by Crippen LogP contribution is -2.03. The maximum absolute atomic E-state index is 11.7. The molecule has 3 heteroatoms. The monoisotopic (exact) mass is 326 g/mol. The molecule has 0 radical (unpaired) electrons. The van der Waals surface area contributed by atoms with Crippen LogP contribution in [0.15, 0.2) is 55.1 Å². The summed E-state index contributed by atoms with van der Waals surface area (Å²) in [7, 11) is 0. The molecule has 1 aromatic heterocycles. The van der Waals surface area contributed by atoms with E-state index in [1.807, 2.05) is 42.5 Å². The lowest BCUT2D eigenvalue weighted by molar-refractivity contribution is -0.129. The summed E-state index contributed by atoms with van der Waals surface area (Å²) in [6.45, 7) is 5.93. The number of carbonyl (C=O) groups is 1. The van der Waals surface area contributed by atoms with Crippen molar-refractivity contribution in [1.82, 2.24) is 0 Å². The molecule has 1 aromatic carbocycles. The molecule has 0 atom stereocenters.